The van der Waals surface area contributed by atoms with E-state index in [-0.39, 0.29) is 5.97 Å². The van der Waals surface area contributed by atoms with Gasteiger partial charge in [0.2, 0.25) is 0 Å². The molecule has 2 rings (SSSR count). The summed E-state index contributed by atoms with van der Waals surface area (Å²) in [5, 5.41) is 8.00. The summed E-state index contributed by atoms with van der Waals surface area (Å²) in [7, 11) is 1.46. The maximum atomic E-state index is 12.5. The van der Waals surface area contributed by atoms with Gasteiger partial charge in [0.05, 0.1) is 23.8 Å². The van der Waals surface area contributed by atoms with E-state index in [0.717, 1.165) is 41.7 Å². The summed E-state index contributed by atoms with van der Waals surface area (Å²) in [4.78, 5) is 12.5. The van der Waals surface area contributed by atoms with E-state index in [1.807, 2.05) is 18.5 Å². The number of aryl methyl sites for hydroxylation is 1. The molecule has 1 aliphatic rings. The molecule has 1 unspecified atom stereocenters. The van der Waals surface area contributed by atoms with Crippen molar-refractivity contribution >= 4 is 21.9 Å². The van der Waals surface area contributed by atoms with Crippen LogP contribution in [0.2, 0.25) is 0 Å². The average Bonchev–Trinajstić information content (AvgIpc) is 3.29. The smallest absolute Gasteiger partial charge is 0.328 e. The van der Waals surface area contributed by atoms with Crippen molar-refractivity contribution in [3.8, 4) is 0 Å². The average molecular weight is 358 g/mol. The number of esters is 1. The molecule has 1 aliphatic carbocycles. The molecule has 0 aliphatic heterocycles. The van der Waals surface area contributed by atoms with Gasteiger partial charge in [-0.1, -0.05) is 6.92 Å². The molecule has 21 heavy (non-hydrogen) atoms. The third-order valence-electron chi connectivity index (χ3n) is 4.21. The molecule has 6 heteroatoms. The number of carbonyl (C=O) groups is 1. The van der Waals surface area contributed by atoms with Crippen molar-refractivity contribution in [2.24, 2.45) is 5.92 Å². The molecule has 0 spiro atoms. The zero-order chi connectivity index (χ0) is 15.6. The Morgan fingerprint density at radius 2 is 2.19 bits per heavy atom. The van der Waals surface area contributed by atoms with Crippen LogP contribution in [0.25, 0.3) is 0 Å². The van der Waals surface area contributed by atoms with Crippen molar-refractivity contribution < 1.29 is 9.53 Å². The third kappa shape index (κ3) is 3.16. The van der Waals surface area contributed by atoms with E-state index in [1.165, 1.54) is 7.11 Å². The standard InChI is InChI=1S/C15H24BrN3O2/c1-5-8-17-15(12-6-7-12,14(20)21-4)9-19-11(3)13(16)10(2)18-19/h12,17H,5-9H2,1-4H3. The Morgan fingerprint density at radius 3 is 2.62 bits per heavy atom. The van der Waals surface area contributed by atoms with Gasteiger partial charge in [-0.2, -0.15) is 5.10 Å². The fraction of sp³-hybridized carbons (Fsp3) is 0.733. The molecular weight excluding hydrogens is 334 g/mol. The van der Waals surface area contributed by atoms with Crippen molar-refractivity contribution in [3.05, 3.63) is 15.9 Å². The van der Waals surface area contributed by atoms with Crippen LogP contribution in [0.15, 0.2) is 4.47 Å². The molecule has 1 atom stereocenters. The summed E-state index contributed by atoms with van der Waals surface area (Å²) in [5.74, 6) is 0.154. The monoisotopic (exact) mass is 357 g/mol. The van der Waals surface area contributed by atoms with Crippen LogP contribution in [0.5, 0.6) is 0 Å². The highest BCUT2D eigenvalue weighted by Crippen LogP contribution is 2.42. The highest BCUT2D eigenvalue weighted by Gasteiger charge is 2.52. The van der Waals surface area contributed by atoms with Crippen molar-refractivity contribution in [2.75, 3.05) is 13.7 Å². The first-order chi connectivity index (χ1) is 9.96. The third-order valence-corrected chi connectivity index (χ3v) is 5.35. The van der Waals surface area contributed by atoms with Gasteiger partial charge >= 0.3 is 5.97 Å². The maximum Gasteiger partial charge on any atom is 0.328 e. The quantitative estimate of drug-likeness (QED) is 0.762. The molecule has 1 saturated carbocycles. The lowest BCUT2D eigenvalue weighted by Gasteiger charge is -2.32. The molecule has 5 nitrogen and oxygen atoms in total. The largest absolute Gasteiger partial charge is 0.468 e. The minimum Gasteiger partial charge on any atom is -0.468 e. The summed E-state index contributed by atoms with van der Waals surface area (Å²) >= 11 is 3.55. The molecule has 0 saturated heterocycles. The van der Waals surface area contributed by atoms with E-state index >= 15 is 0 Å². The molecule has 1 aromatic rings. The van der Waals surface area contributed by atoms with E-state index in [9.17, 15) is 4.79 Å². The van der Waals surface area contributed by atoms with Crippen molar-refractivity contribution in [3.63, 3.8) is 0 Å². The highest BCUT2D eigenvalue weighted by molar-refractivity contribution is 9.10. The Balaban J connectivity index is 2.34. The number of nitrogens with zero attached hydrogens (tertiary/aromatic N) is 2. The predicted molar refractivity (Wildman–Crippen MR) is 85.2 cm³/mol. The van der Waals surface area contributed by atoms with E-state index in [0.29, 0.717) is 12.5 Å². The van der Waals surface area contributed by atoms with E-state index in [2.05, 4.69) is 33.3 Å². The molecule has 0 aromatic carbocycles. The van der Waals surface area contributed by atoms with Crippen LogP contribution in [0.1, 0.15) is 37.6 Å². The minimum atomic E-state index is -0.659. The van der Waals surface area contributed by atoms with Crippen LogP contribution in [0, 0.1) is 19.8 Å². The summed E-state index contributed by atoms with van der Waals surface area (Å²) in [5.41, 5.74) is 1.32. The first kappa shape index (κ1) is 16.5. The Labute approximate surface area is 134 Å². The summed E-state index contributed by atoms with van der Waals surface area (Å²) in [6, 6.07) is 0. The van der Waals surface area contributed by atoms with Crippen LogP contribution in [0.3, 0.4) is 0 Å². The number of methoxy groups -OCH3 is 1. The lowest BCUT2D eigenvalue weighted by atomic mass is 9.92. The van der Waals surface area contributed by atoms with Gasteiger partial charge in [0.15, 0.2) is 0 Å². The van der Waals surface area contributed by atoms with Gasteiger partial charge in [0, 0.05) is 5.69 Å². The lowest BCUT2D eigenvalue weighted by molar-refractivity contribution is -0.150. The fourth-order valence-corrected chi connectivity index (χ4v) is 3.09. The Morgan fingerprint density at radius 1 is 1.52 bits per heavy atom. The second-order valence-corrected chi connectivity index (χ2v) is 6.60. The van der Waals surface area contributed by atoms with Crippen LogP contribution >= 0.6 is 15.9 Å². The number of carbonyl (C=O) groups excluding carboxylic acids is 1. The lowest BCUT2D eigenvalue weighted by Crippen LogP contribution is -2.58. The Bertz CT molecular complexity index is 525. The SMILES string of the molecule is CCCNC(Cn1nc(C)c(Br)c1C)(C(=O)OC)C1CC1. The van der Waals surface area contributed by atoms with Gasteiger partial charge in [-0.25, -0.2) is 4.79 Å². The van der Waals surface area contributed by atoms with Gasteiger partial charge in [0.25, 0.3) is 0 Å². The first-order valence-corrected chi connectivity index (χ1v) is 8.28. The first-order valence-electron chi connectivity index (χ1n) is 7.49. The normalized spacial score (nSPS) is 17.6. The van der Waals surface area contributed by atoms with Gasteiger partial charge in [-0.05, 0) is 61.5 Å². The second kappa shape index (κ2) is 6.48. The zero-order valence-corrected chi connectivity index (χ0v) is 14.8. The van der Waals surface area contributed by atoms with Crippen LogP contribution in [0.4, 0.5) is 0 Å². The number of aromatic nitrogens is 2. The van der Waals surface area contributed by atoms with Crippen molar-refractivity contribution in [1.29, 1.82) is 0 Å². The van der Waals surface area contributed by atoms with E-state index in [4.69, 9.17) is 4.74 Å². The highest BCUT2D eigenvalue weighted by atomic mass is 79.9. The Kier molecular flexibility index (Phi) is 5.09. The molecule has 0 bridgehead atoms. The zero-order valence-electron chi connectivity index (χ0n) is 13.2. The molecule has 1 aromatic heterocycles. The molecule has 1 fully saturated rings. The molecule has 118 valence electrons. The molecule has 0 radical (unpaired) electrons. The number of hydrogen-bond donors (Lipinski definition) is 1. The number of halogens is 1. The maximum absolute atomic E-state index is 12.5. The second-order valence-electron chi connectivity index (χ2n) is 5.81. The van der Waals surface area contributed by atoms with Gasteiger partial charge < -0.3 is 10.1 Å². The number of nitrogens with one attached hydrogen (secondary N) is 1. The molecule has 1 heterocycles. The van der Waals surface area contributed by atoms with Crippen LogP contribution < -0.4 is 5.32 Å². The van der Waals surface area contributed by atoms with Gasteiger partial charge in [-0.15, -0.1) is 0 Å². The van der Waals surface area contributed by atoms with Crippen molar-refractivity contribution in [1.82, 2.24) is 15.1 Å². The summed E-state index contributed by atoms with van der Waals surface area (Å²) in [6.07, 6.45) is 3.10. The molecule has 0 amide bonds. The number of rotatable bonds is 7. The minimum absolute atomic E-state index is 0.179. The van der Waals surface area contributed by atoms with Crippen LogP contribution in [-0.2, 0) is 16.1 Å². The number of hydrogen-bond acceptors (Lipinski definition) is 4. The molecular formula is C15H24BrN3O2. The molecule has 1 N–H and O–H groups in total. The number of ether oxygens (including phenoxy) is 1. The predicted octanol–water partition coefficient (Wildman–Crippen LogP) is 2.58. The van der Waals surface area contributed by atoms with Crippen molar-refractivity contribution in [2.45, 2.75) is 52.1 Å². The fourth-order valence-electron chi connectivity index (χ4n) is 2.80. The van der Waals surface area contributed by atoms with Crippen LogP contribution in [-0.4, -0.2) is 34.9 Å². The topological polar surface area (TPSA) is 56.2 Å². The Hall–Kier alpha value is -0.880. The van der Waals surface area contributed by atoms with Gasteiger partial charge in [0.1, 0.15) is 5.54 Å². The van der Waals surface area contributed by atoms with E-state index in [1.54, 1.807) is 0 Å². The summed E-state index contributed by atoms with van der Waals surface area (Å²) in [6.45, 7) is 7.39. The summed E-state index contributed by atoms with van der Waals surface area (Å²) < 4.78 is 8.03. The van der Waals surface area contributed by atoms with Gasteiger partial charge in [-0.3, -0.25) is 4.68 Å². The van der Waals surface area contributed by atoms with E-state index < -0.39 is 5.54 Å².